The average molecular weight is 434 g/mol. The van der Waals surface area contributed by atoms with Crippen LogP contribution in [0, 0.1) is 5.82 Å². The Hall–Kier alpha value is -1.91. The first-order valence-electron chi connectivity index (χ1n) is 7.63. The molecule has 2 aromatic rings. The van der Waals surface area contributed by atoms with Crippen molar-refractivity contribution in [3.63, 3.8) is 0 Å². The maximum Gasteiger partial charge on any atom is 0.324 e. The maximum atomic E-state index is 13.8. The second-order valence-corrected chi connectivity index (χ2v) is 7.61. The van der Waals surface area contributed by atoms with Crippen molar-refractivity contribution >= 4 is 51.9 Å². The monoisotopic (exact) mass is 433 g/mol. The van der Waals surface area contributed by atoms with Gasteiger partial charge in [-0.05, 0) is 24.3 Å². The van der Waals surface area contributed by atoms with Crippen LogP contribution in [0.2, 0.25) is 10.0 Å². The molecule has 1 heterocycles. The number of anilines is 2. The van der Waals surface area contributed by atoms with E-state index in [0.29, 0.717) is 5.56 Å². The molecule has 2 amide bonds. The van der Waals surface area contributed by atoms with Crippen molar-refractivity contribution in [1.29, 1.82) is 0 Å². The van der Waals surface area contributed by atoms with E-state index in [1.165, 1.54) is 28.6 Å². The van der Waals surface area contributed by atoms with Crippen LogP contribution < -0.4 is 10.6 Å². The summed E-state index contributed by atoms with van der Waals surface area (Å²) >= 11 is 10.0. The summed E-state index contributed by atoms with van der Waals surface area (Å²) < 4.78 is 35.2. The Labute approximate surface area is 166 Å². The molecule has 1 unspecified atom stereocenters. The molecule has 0 spiro atoms. The van der Waals surface area contributed by atoms with Gasteiger partial charge in [0.15, 0.2) is 0 Å². The van der Waals surface area contributed by atoms with Crippen molar-refractivity contribution in [2.24, 2.45) is 5.73 Å². The molecule has 0 radical (unpaired) electrons. The molecule has 11 heteroatoms. The van der Waals surface area contributed by atoms with Gasteiger partial charge in [-0.2, -0.15) is 4.31 Å². The third-order valence-corrected chi connectivity index (χ3v) is 5.70. The van der Waals surface area contributed by atoms with E-state index in [0.717, 1.165) is 11.0 Å². The van der Waals surface area contributed by atoms with Crippen LogP contribution in [-0.4, -0.2) is 37.3 Å². The van der Waals surface area contributed by atoms with E-state index in [1.54, 1.807) is 0 Å². The van der Waals surface area contributed by atoms with Crippen LogP contribution in [0.1, 0.15) is 11.5 Å². The quantitative estimate of drug-likeness (QED) is 0.640. The smallest absolute Gasteiger partial charge is 0.324 e. The van der Waals surface area contributed by atoms with E-state index < -0.39 is 23.1 Å². The summed E-state index contributed by atoms with van der Waals surface area (Å²) in [4.78, 5) is 12.9. The van der Waals surface area contributed by atoms with Crippen molar-refractivity contribution in [2.75, 3.05) is 18.0 Å². The van der Waals surface area contributed by atoms with Crippen molar-refractivity contribution in [2.45, 2.75) is 5.92 Å². The zero-order valence-electron chi connectivity index (χ0n) is 13.6. The molecular formula is C16H14Cl2FN3O4S. The summed E-state index contributed by atoms with van der Waals surface area (Å²) in [5, 5.41) is 10.6. The molecule has 7 nitrogen and oxygen atoms in total. The largest absolute Gasteiger partial charge is 0.505 e. The van der Waals surface area contributed by atoms with E-state index in [-0.39, 0.29) is 46.2 Å². The van der Waals surface area contributed by atoms with Crippen LogP contribution in [-0.2, 0) is 11.3 Å². The molecule has 0 aromatic heterocycles. The Balaban J connectivity index is 2.07. The Kier molecular flexibility index (Phi) is 5.59. The van der Waals surface area contributed by atoms with Gasteiger partial charge in [0.1, 0.15) is 16.6 Å². The number of phenols is 1. The van der Waals surface area contributed by atoms with Gasteiger partial charge in [0.2, 0.25) is 11.3 Å². The minimum Gasteiger partial charge on any atom is -0.505 e. The molecule has 144 valence electrons. The van der Waals surface area contributed by atoms with E-state index in [9.17, 15) is 18.5 Å². The number of primary amides is 1. The summed E-state index contributed by atoms with van der Waals surface area (Å²) in [5.41, 5.74) is 5.67. The van der Waals surface area contributed by atoms with Gasteiger partial charge in [0, 0.05) is 29.6 Å². The first kappa shape index (κ1) is 19.8. The minimum absolute atomic E-state index is 0.0297. The predicted molar refractivity (Wildman–Crippen MR) is 101 cm³/mol. The number of nitrogens with zero attached hydrogens (tertiary/aromatic N) is 2. The Morgan fingerprint density at radius 1 is 1.26 bits per heavy atom. The molecule has 1 saturated heterocycles. The zero-order chi connectivity index (χ0) is 19.9. The lowest BCUT2D eigenvalue weighted by Crippen LogP contribution is -2.45. The second-order valence-electron chi connectivity index (χ2n) is 5.85. The topological polar surface area (TPSA) is 107 Å². The highest BCUT2D eigenvalue weighted by atomic mass is 35.5. The highest BCUT2D eigenvalue weighted by Gasteiger charge is 2.36. The van der Waals surface area contributed by atoms with Crippen LogP contribution >= 0.6 is 23.2 Å². The van der Waals surface area contributed by atoms with E-state index in [1.807, 2.05) is 0 Å². The van der Waals surface area contributed by atoms with Gasteiger partial charge in [-0.1, -0.05) is 29.3 Å². The maximum absolute atomic E-state index is 13.8. The molecule has 1 aliphatic heterocycles. The Bertz CT molecular complexity index is 940. The fourth-order valence-electron chi connectivity index (χ4n) is 2.92. The molecule has 3 rings (SSSR count). The number of aromatic hydroxyl groups is 1. The van der Waals surface area contributed by atoms with Crippen molar-refractivity contribution in [3.05, 3.63) is 51.8 Å². The normalized spacial score (nSPS) is 16.0. The molecular weight excluding hydrogens is 420 g/mol. The lowest BCUT2D eigenvalue weighted by atomic mass is 9.92. The number of benzene rings is 2. The highest BCUT2D eigenvalue weighted by molar-refractivity contribution is 7.76. The summed E-state index contributed by atoms with van der Waals surface area (Å²) in [6, 6.07) is 5.67. The minimum atomic E-state index is -2.12. The zero-order valence-corrected chi connectivity index (χ0v) is 15.9. The van der Waals surface area contributed by atoms with Gasteiger partial charge in [0.05, 0.1) is 11.4 Å². The number of phenolic OH excluding ortho intramolecular Hbond substituents is 1. The summed E-state index contributed by atoms with van der Waals surface area (Å²) in [6.45, 7) is 0.383. The number of hydrogen-bond donors (Lipinski definition) is 3. The first-order valence-corrected chi connectivity index (χ1v) is 9.45. The van der Waals surface area contributed by atoms with Gasteiger partial charge in [-0.25, -0.2) is 13.4 Å². The number of urea groups is 1. The molecule has 4 N–H and O–H groups in total. The van der Waals surface area contributed by atoms with Gasteiger partial charge in [-0.15, -0.1) is 0 Å². The number of carbonyl (C=O) groups is 1. The molecule has 1 fully saturated rings. The molecule has 1 atom stereocenters. The number of hydrogen-bond acceptors (Lipinski definition) is 3. The lowest BCUT2D eigenvalue weighted by Gasteiger charge is -2.37. The first-order chi connectivity index (χ1) is 12.7. The fourth-order valence-corrected chi connectivity index (χ4v) is 4.05. The van der Waals surface area contributed by atoms with Crippen LogP contribution in [0.25, 0.3) is 0 Å². The summed E-state index contributed by atoms with van der Waals surface area (Å²) in [6.07, 6.45) is 0. The molecule has 2 aromatic carbocycles. The average Bonchev–Trinajstić information content (AvgIpc) is 2.54. The molecule has 27 heavy (non-hydrogen) atoms. The number of halogens is 3. The molecule has 0 aliphatic carbocycles. The van der Waals surface area contributed by atoms with E-state index in [2.05, 4.69) is 0 Å². The molecule has 0 bridgehead atoms. The standard InChI is InChI=1S/C16H14Cl2FN3O4S/c17-9-4-5-12(15(23)13(9)8-6-21(7-8)27(25)26)22(16(20)24)11-3-1-2-10(19)14(11)18/h1-5,8,23H,6-7H2,(H2,20,24)(H,25,26). The summed E-state index contributed by atoms with van der Waals surface area (Å²) in [5.74, 6) is -1.42. The van der Waals surface area contributed by atoms with Gasteiger partial charge in [-0.3, -0.25) is 9.45 Å². The van der Waals surface area contributed by atoms with Gasteiger partial charge >= 0.3 is 6.03 Å². The van der Waals surface area contributed by atoms with Crippen LogP contribution in [0.5, 0.6) is 5.75 Å². The van der Waals surface area contributed by atoms with Crippen molar-refractivity contribution in [1.82, 2.24) is 4.31 Å². The highest BCUT2D eigenvalue weighted by Crippen LogP contribution is 2.46. The molecule has 0 saturated carbocycles. The number of amides is 2. The second kappa shape index (κ2) is 7.61. The van der Waals surface area contributed by atoms with Crippen molar-refractivity contribution in [3.8, 4) is 5.75 Å². The number of carbonyl (C=O) groups excluding carboxylic acids is 1. The third kappa shape index (κ3) is 3.61. The van der Waals surface area contributed by atoms with Crippen molar-refractivity contribution < 1.29 is 23.1 Å². The Morgan fingerprint density at radius 2 is 1.93 bits per heavy atom. The summed E-state index contributed by atoms with van der Waals surface area (Å²) in [7, 11) is 0. The fraction of sp³-hybridized carbons (Fsp3) is 0.188. The third-order valence-electron chi connectivity index (χ3n) is 4.25. The van der Waals surface area contributed by atoms with Crippen LogP contribution in [0.3, 0.4) is 0 Å². The van der Waals surface area contributed by atoms with Crippen LogP contribution in [0.15, 0.2) is 30.3 Å². The SMILES string of the molecule is NC(=O)N(c1ccc(Cl)c(C2CN(S(=O)O)C2)c1O)c1cccc(F)c1Cl. The van der Waals surface area contributed by atoms with Gasteiger partial charge < -0.3 is 10.8 Å². The lowest BCUT2D eigenvalue weighted by molar-refractivity contribution is 0.253. The number of rotatable bonds is 4. The van der Waals surface area contributed by atoms with Gasteiger partial charge in [0.25, 0.3) is 0 Å². The Morgan fingerprint density at radius 3 is 2.52 bits per heavy atom. The van der Waals surface area contributed by atoms with E-state index >= 15 is 0 Å². The molecule has 1 aliphatic rings. The predicted octanol–water partition coefficient (Wildman–Crippen LogP) is 3.59. The number of nitrogens with two attached hydrogens (primary N) is 1. The van der Waals surface area contributed by atoms with Crippen LogP contribution in [0.4, 0.5) is 20.6 Å². The van der Waals surface area contributed by atoms with E-state index in [4.69, 9.17) is 33.5 Å².